The zero-order valence-electron chi connectivity index (χ0n) is 14.2. The van der Waals surface area contributed by atoms with Crippen LogP contribution in [-0.2, 0) is 9.59 Å². The van der Waals surface area contributed by atoms with Crippen molar-refractivity contribution in [3.8, 4) is 0 Å². The molecule has 4 nitrogen and oxygen atoms in total. The summed E-state index contributed by atoms with van der Waals surface area (Å²) in [5, 5.41) is 4.98. The van der Waals surface area contributed by atoms with Crippen LogP contribution in [0.3, 0.4) is 0 Å². The molecule has 2 amide bonds. The summed E-state index contributed by atoms with van der Waals surface area (Å²) >= 11 is 0. The summed E-state index contributed by atoms with van der Waals surface area (Å²) < 4.78 is 39.7. The smallest absolute Gasteiger partial charge is 0.228 e. The number of hydrogen-bond acceptors (Lipinski definition) is 2. The molecule has 2 atom stereocenters. The topological polar surface area (TPSA) is 58.2 Å². The fraction of sp³-hybridized carbons (Fsp3) is 0.263. The molecule has 0 spiro atoms. The first kappa shape index (κ1) is 18.0. The molecule has 3 rings (SSSR count). The second kappa shape index (κ2) is 6.82. The molecule has 1 aliphatic carbocycles. The van der Waals surface area contributed by atoms with Gasteiger partial charge in [0, 0.05) is 5.69 Å². The lowest BCUT2D eigenvalue weighted by Gasteiger charge is -2.09. The molecular weight excluding hydrogens is 345 g/mol. The summed E-state index contributed by atoms with van der Waals surface area (Å²) in [5.74, 6) is -6.52. The molecule has 0 aliphatic heterocycles. The van der Waals surface area contributed by atoms with Gasteiger partial charge in [-0.05, 0) is 44.0 Å². The van der Waals surface area contributed by atoms with Gasteiger partial charge in [0.2, 0.25) is 11.8 Å². The first-order valence-electron chi connectivity index (χ1n) is 8.10. The van der Waals surface area contributed by atoms with Crippen LogP contribution in [0.1, 0.15) is 17.5 Å². The summed E-state index contributed by atoms with van der Waals surface area (Å²) in [7, 11) is 0. The fourth-order valence-corrected chi connectivity index (χ4v) is 2.80. The van der Waals surface area contributed by atoms with Crippen LogP contribution in [-0.4, -0.2) is 11.8 Å². The number of halogens is 3. The SMILES string of the molecule is Cc1ccc(NC(=O)C2CC2C(=O)Nc2ccc(F)c(F)c2F)c(C)c1. The highest BCUT2D eigenvalue weighted by Gasteiger charge is 2.48. The lowest BCUT2D eigenvalue weighted by atomic mass is 10.1. The molecule has 0 aromatic heterocycles. The lowest BCUT2D eigenvalue weighted by Crippen LogP contribution is -2.21. The molecule has 0 bridgehead atoms. The van der Waals surface area contributed by atoms with E-state index >= 15 is 0 Å². The molecule has 136 valence electrons. The van der Waals surface area contributed by atoms with Gasteiger partial charge in [-0.1, -0.05) is 17.7 Å². The van der Waals surface area contributed by atoms with Crippen molar-refractivity contribution in [3.05, 3.63) is 58.9 Å². The minimum atomic E-state index is -1.65. The first-order valence-corrected chi connectivity index (χ1v) is 8.10. The van der Waals surface area contributed by atoms with Gasteiger partial charge in [0.15, 0.2) is 17.5 Å². The van der Waals surface area contributed by atoms with E-state index in [1.54, 1.807) is 6.07 Å². The molecule has 0 saturated heterocycles. The molecule has 1 saturated carbocycles. The Kier molecular flexibility index (Phi) is 4.71. The Balaban J connectivity index is 1.62. The van der Waals surface area contributed by atoms with Gasteiger partial charge >= 0.3 is 0 Å². The van der Waals surface area contributed by atoms with E-state index in [4.69, 9.17) is 0 Å². The minimum absolute atomic E-state index is 0.303. The Labute approximate surface area is 148 Å². The monoisotopic (exact) mass is 362 g/mol. The average Bonchev–Trinajstić information content (AvgIpc) is 3.39. The molecule has 0 radical (unpaired) electrons. The molecule has 2 aromatic carbocycles. The van der Waals surface area contributed by atoms with Crippen LogP contribution in [0.15, 0.2) is 30.3 Å². The third-order valence-electron chi connectivity index (χ3n) is 4.40. The number of nitrogens with one attached hydrogen (secondary N) is 2. The summed E-state index contributed by atoms with van der Waals surface area (Å²) in [5.41, 5.74) is 2.19. The molecule has 0 heterocycles. The summed E-state index contributed by atoms with van der Waals surface area (Å²) in [6.07, 6.45) is 0.313. The van der Waals surface area contributed by atoms with E-state index in [-0.39, 0.29) is 5.91 Å². The van der Waals surface area contributed by atoms with Crippen molar-refractivity contribution in [2.24, 2.45) is 11.8 Å². The maximum Gasteiger partial charge on any atom is 0.228 e. The zero-order chi connectivity index (χ0) is 19.0. The van der Waals surface area contributed by atoms with Crippen LogP contribution < -0.4 is 10.6 Å². The molecular formula is C19H17F3N2O2. The van der Waals surface area contributed by atoms with Gasteiger partial charge in [-0.3, -0.25) is 9.59 Å². The predicted molar refractivity (Wildman–Crippen MR) is 91.1 cm³/mol. The van der Waals surface area contributed by atoms with Crippen LogP contribution >= 0.6 is 0 Å². The van der Waals surface area contributed by atoms with E-state index in [9.17, 15) is 22.8 Å². The van der Waals surface area contributed by atoms with Crippen LogP contribution in [0.4, 0.5) is 24.5 Å². The van der Waals surface area contributed by atoms with Crippen LogP contribution in [0.5, 0.6) is 0 Å². The van der Waals surface area contributed by atoms with Gasteiger partial charge in [0.1, 0.15) is 0 Å². The quantitative estimate of drug-likeness (QED) is 0.810. The van der Waals surface area contributed by atoms with E-state index in [2.05, 4.69) is 10.6 Å². The highest BCUT2D eigenvalue weighted by molar-refractivity contribution is 6.03. The number of hydrogen-bond donors (Lipinski definition) is 2. The third kappa shape index (κ3) is 3.56. The number of anilines is 2. The van der Waals surface area contributed by atoms with E-state index < -0.39 is 40.9 Å². The van der Waals surface area contributed by atoms with Gasteiger partial charge in [0.25, 0.3) is 0 Å². The first-order chi connectivity index (χ1) is 12.3. The van der Waals surface area contributed by atoms with E-state index in [1.165, 1.54) is 0 Å². The van der Waals surface area contributed by atoms with Crippen molar-refractivity contribution in [1.29, 1.82) is 0 Å². The molecule has 26 heavy (non-hydrogen) atoms. The highest BCUT2D eigenvalue weighted by Crippen LogP contribution is 2.40. The molecule has 2 unspecified atom stereocenters. The van der Waals surface area contributed by atoms with Crippen molar-refractivity contribution in [1.82, 2.24) is 0 Å². The van der Waals surface area contributed by atoms with Crippen molar-refractivity contribution in [2.45, 2.75) is 20.3 Å². The van der Waals surface area contributed by atoms with E-state index in [0.29, 0.717) is 12.1 Å². The van der Waals surface area contributed by atoms with Gasteiger partial charge in [0.05, 0.1) is 17.5 Å². The molecule has 2 N–H and O–H groups in total. The normalized spacial score (nSPS) is 18.3. The second-order valence-corrected chi connectivity index (χ2v) is 6.47. The largest absolute Gasteiger partial charge is 0.326 e. The van der Waals surface area contributed by atoms with Gasteiger partial charge < -0.3 is 10.6 Å². The maximum absolute atomic E-state index is 13.6. The Morgan fingerprint density at radius 2 is 1.46 bits per heavy atom. The number of rotatable bonds is 4. The standard InChI is InChI=1S/C19H17F3N2O2/c1-9-3-5-14(10(2)7-9)23-18(25)11-8-12(11)19(26)24-15-6-4-13(20)16(21)17(15)22/h3-7,11-12H,8H2,1-2H3,(H,23,25)(H,24,26). The fourth-order valence-electron chi connectivity index (χ4n) is 2.80. The third-order valence-corrected chi connectivity index (χ3v) is 4.40. The predicted octanol–water partition coefficient (Wildman–Crippen LogP) is 3.93. The minimum Gasteiger partial charge on any atom is -0.326 e. The molecule has 2 aromatic rings. The van der Waals surface area contributed by atoms with Crippen LogP contribution in [0, 0.1) is 43.1 Å². The number of benzene rings is 2. The van der Waals surface area contributed by atoms with Gasteiger partial charge in [-0.15, -0.1) is 0 Å². The maximum atomic E-state index is 13.6. The van der Waals surface area contributed by atoms with Gasteiger partial charge in [-0.2, -0.15) is 0 Å². The van der Waals surface area contributed by atoms with E-state index in [1.807, 2.05) is 26.0 Å². The molecule has 1 fully saturated rings. The second-order valence-electron chi connectivity index (χ2n) is 6.47. The van der Waals surface area contributed by atoms with Crippen molar-refractivity contribution in [2.75, 3.05) is 10.6 Å². The Hall–Kier alpha value is -2.83. The number of carbonyl (C=O) groups excluding carboxylic acids is 2. The van der Waals surface area contributed by atoms with Gasteiger partial charge in [-0.25, -0.2) is 13.2 Å². The zero-order valence-corrected chi connectivity index (χ0v) is 14.2. The Morgan fingerprint density at radius 3 is 2.08 bits per heavy atom. The van der Waals surface area contributed by atoms with Crippen LogP contribution in [0.2, 0.25) is 0 Å². The van der Waals surface area contributed by atoms with Crippen molar-refractivity contribution in [3.63, 3.8) is 0 Å². The Morgan fingerprint density at radius 1 is 0.885 bits per heavy atom. The summed E-state index contributed by atoms with van der Waals surface area (Å²) in [4.78, 5) is 24.4. The van der Waals surface area contributed by atoms with E-state index in [0.717, 1.165) is 23.3 Å². The molecule has 1 aliphatic rings. The van der Waals surface area contributed by atoms with Crippen molar-refractivity contribution < 1.29 is 22.8 Å². The summed E-state index contributed by atoms with van der Waals surface area (Å²) in [6.45, 7) is 3.81. The number of carbonyl (C=O) groups is 2. The molecule has 7 heteroatoms. The number of aryl methyl sites for hydroxylation is 2. The van der Waals surface area contributed by atoms with Crippen molar-refractivity contribution >= 4 is 23.2 Å². The Bertz CT molecular complexity index is 899. The summed E-state index contributed by atoms with van der Waals surface area (Å²) in [6, 6.07) is 7.25. The average molecular weight is 362 g/mol. The van der Waals surface area contributed by atoms with Crippen LogP contribution in [0.25, 0.3) is 0 Å². The lowest BCUT2D eigenvalue weighted by molar-refractivity contribution is -0.122. The highest BCUT2D eigenvalue weighted by atomic mass is 19.2. The number of amides is 2.